The van der Waals surface area contributed by atoms with Gasteiger partial charge in [-0.15, -0.1) is 0 Å². The van der Waals surface area contributed by atoms with E-state index in [1.165, 1.54) is 19.2 Å². The lowest BCUT2D eigenvalue weighted by Gasteiger charge is -1.96. The van der Waals surface area contributed by atoms with Gasteiger partial charge in [0, 0.05) is 6.20 Å². The number of carboxylic acid groups (broad SMARTS) is 1. The fourth-order valence-corrected chi connectivity index (χ4v) is 1.30. The Labute approximate surface area is 84.6 Å². The number of aromatic amines is 1. The molecule has 0 fully saturated rings. The second-order valence-electron chi connectivity index (χ2n) is 3.16. The molecule has 3 N–H and O–H groups in total. The minimum atomic E-state index is -1.05. The molecule has 0 aliphatic carbocycles. The Morgan fingerprint density at radius 3 is 2.93 bits per heavy atom. The summed E-state index contributed by atoms with van der Waals surface area (Å²) in [5, 5.41) is 18.2. The highest BCUT2D eigenvalue weighted by atomic mass is 16.4. The van der Waals surface area contributed by atoms with E-state index in [4.69, 9.17) is 5.11 Å². The number of aliphatic hydroxyl groups is 1. The molecule has 0 aliphatic rings. The van der Waals surface area contributed by atoms with Gasteiger partial charge in [0.1, 0.15) is 11.9 Å². The van der Waals surface area contributed by atoms with Crippen molar-refractivity contribution in [1.29, 1.82) is 0 Å². The van der Waals surface area contributed by atoms with Crippen LogP contribution in [0.4, 0.5) is 0 Å². The molecule has 1 atom stereocenters. The number of aliphatic hydroxyl groups excluding tert-OH is 1. The number of aromatic nitrogens is 3. The standard InChI is InChI=1S/C9H9N3O3/c1-4(13)7-11-6-5(9(14)15)2-3-10-8(6)12-7/h2-4,13H,1H3,(H,14,15)(H,10,11,12). The van der Waals surface area contributed by atoms with E-state index >= 15 is 0 Å². The zero-order valence-corrected chi connectivity index (χ0v) is 7.93. The Hall–Kier alpha value is -1.95. The van der Waals surface area contributed by atoms with Crippen LogP contribution in [0.3, 0.4) is 0 Å². The SMILES string of the molecule is CC(O)c1nc2nccc(C(=O)O)c2[nH]1. The van der Waals surface area contributed by atoms with Crippen LogP contribution in [-0.2, 0) is 0 Å². The summed E-state index contributed by atoms with van der Waals surface area (Å²) in [5.74, 6) is -0.741. The molecule has 0 aromatic carbocycles. The van der Waals surface area contributed by atoms with Crippen LogP contribution in [0.2, 0.25) is 0 Å². The number of aromatic carboxylic acids is 1. The molecule has 0 amide bonds. The Morgan fingerprint density at radius 2 is 2.33 bits per heavy atom. The third kappa shape index (κ3) is 1.55. The number of pyridine rings is 1. The fourth-order valence-electron chi connectivity index (χ4n) is 1.30. The van der Waals surface area contributed by atoms with Crippen molar-refractivity contribution >= 4 is 17.1 Å². The van der Waals surface area contributed by atoms with Crippen LogP contribution in [0.1, 0.15) is 29.2 Å². The van der Waals surface area contributed by atoms with Crippen molar-refractivity contribution in [2.45, 2.75) is 13.0 Å². The van der Waals surface area contributed by atoms with Crippen molar-refractivity contribution < 1.29 is 15.0 Å². The van der Waals surface area contributed by atoms with E-state index in [0.717, 1.165) is 0 Å². The largest absolute Gasteiger partial charge is 0.478 e. The van der Waals surface area contributed by atoms with E-state index in [1.807, 2.05) is 0 Å². The molecule has 0 saturated heterocycles. The number of hydrogen-bond acceptors (Lipinski definition) is 4. The number of fused-ring (bicyclic) bond motifs is 1. The Bertz CT molecular complexity index is 518. The second kappa shape index (κ2) is 3.32. The summed E-state index contributed by atoms with van der Waals surface area (Å²) in [6.45, 7) is 1.54. The second-order valence-corrected chi connectivity index (χ2v) is 3.16. The zero-order valence-electron chi connectivity index (χ0n) is 7.93. The van der Waals surface area contributed by atoms with E-state index in [-0.39, 0.29) is 5.56 Å². The molecule has 1 unspecified atom stereocenters. The first kappa shape index (κ1) is 9.60. The summed E-state index contributed by atoms with van der Waals surface area (Å²) >= 11 is 0. The summed E-state index contributed by atoms with van der Waals surface area (Å²) in [6.07, 6.45) is 0.596. The van der Waals surface area contributed by atoms with Crippen molar-refractivity contribution in [3.05, 3.63) is 23.7 Å². The van der Waals surface area contributed by atoms with Crippen molar-refractivity contribution in [3.63, 3.8) is 0 Å². The van der Waals surface area contributed by atoms with Gasteiger partial charge in [-0.3, -0.25) is 0 Å². The van der Waals surface area contributed by atoms with Gasteiger partial charge in [0.15, 0.2) is 5.65 Å². The van der Waals surface area contributed by atoms with Crippen LogP contribution in [0, 0.1) is 0 Å². The molecule has 6 heteroatoms. The molecule has 2 aromatic rings. The van der Waals surface area contributed by atoms with Crippen LogP contribution in [-0.4, -0.2) is 31.1 Å². The maximum absolute atomic E-state index is 10.9. The number of nitrogens with one attached hydrogen (secondary N) is 1. The first-order chi connectivity index (χ1) is 7.09. The minimum Gasteiger partial charge on any atom is -0.478 e. The number of nitrogens with zero attached hydrogens (tertiary/aromatic N) is 2. The lowest BCUT2D eigenvalue weighted by Crippen LogP contribution is -1.98. The quantitative estimate of drug-likeness (QED) is 0.673. The van der Waals surface area contributed by atoms with Gasteiger partial charge in [0.05, 0.1) is 11.1 Å². The Kier molecular flexibility index (Phi) is 2.12. The van der Waals surface area contributed by atoms with Gasteiger partial charge in [-0.2, -0.15) is 0 Å². The van der Waals surface area contributed by atoms with Crippen molar-refractivity contribution in [1.82, 2.24) is 15.0 Å². The van der Waals surface area contributed by atoms with Gasteiger partial charge >= 0.3 is 5.97 Å². The van der Waals surface area contributed by atoms with Gasteiger partial charge in [-0.05, 0) is 13.0 Å². The highest BCUT2D eigenvalue weighted by Crippen LogP contribution is 2.17. The maximum Gasteiger partial charge on any atom is 0.338 e. The zero-order chi connectivity index (χ0) is 11.0. The minimum absolute atomic E-state index is 0.0967. The number of imidazole rings is 1. The Balaban J connectivity index is 2.70. The van der Waals surface area contributed by atoms with Gasteiger partial charge in [-0.25, -0.2) is 14.8 Å². The monoisotopic (exact) mass is 207 g/mol. The molecular weight excluding hydrogens is 198 g/mol. The van der Waals surface area contributed by atoms with E-state index in [9.17, 15) is 9.90 Å². The normalized spacial score (nSPS) is 12.9. The fraction of sp³-hybridized carbons (Fsp3) is 0.222. The topological polar surface area (TPSA) is 99.1 Å². The van der Waals surface area contributed by atoms with E-state index in [1.54, 1.807) is 0 Å². The van der Waals surface area contributed by atoms with E-state index in [0.29, 0.717) is 17.0 Å². The van der Waals surface area contributed by atoms with Gasteiger partial charge in [0.2, 0.25) is 0 Å². The van der Waals surface area contributed by atoms with Gasteiger partial charge < -0.3 is 15.2 Å². The first-order valence-electron chi connectivity index (χ1n) is 4.35. The highest BCUT2D eigenvalue weighted by molar-refractivity contribution is 5.99. The van der Waals surface area contributed by atoms with Crippen LogP contribution in [0.25, 0.3) is 11.2 Å². The summed E-state index contributed by atoms with van der Waals surface area (Å²) in [6, 6.07) is 1.38. The molecule has 0 bridgehead atoms. The molecule has 6 nitrogen and oxygen atoms in total. The van der Waals surface area contributed by atoms with Crippen LogP contribution >= 0.6 is 0 Å². The van der Waals surface area contributed by atoms with Gasteiger partial charge in [0.25, 0.3) is 0 Å². The number of rotatable bonds is 2. The van der Waals surface area contributed by atoms with E-state index < -0.39 is 12.1 Å². The highest BCUT2D eigenvalue weighted by Gasteiger charge is 2.14. The molecule has 2 heterocycles. The molecule has 0 aliphatic heterocycles. The summed E-state index contributed by atoms with van der Waals surface area (Å²) in [7, 11) is 0. The summed E-state index contributed by atoms with van der Waals surface area (Å²) < 4.78 is 0. The Morgan fingerprint density at radius 1 is 1.60 bits per heavy atom. The van der Waals surface area contributed by atoms with Crippen molar-refractivity contribution in [3.8, 4) is 0 Å². The van der Waals surface area contributed by atoms with E-state index in [2.05, 4.69) is 15.0 Å². The summed E-state index contributed by atoms with van der Waals surface area (Å²) in [4.78, 5) is 21.5. The summed E-state index contributed by atoms with van der Waals surface area (Å²) in [5.41, 5.74) is 0.728. The molecule has 0 saturated carbocycles. The lowest BCUT2D eigenvalue weighted by molar-refractivity contribution is 0.0698. The molecule has 0 spiro atoms. The number of hydrogen-bond donors (Lipinski definition) is 3. The number of carbonyl (C=O) groups is 1. The molecular formula is C9H9N3O3. The number of H-pyrrole nitrogens is 1. The lowest BCUT2D eigenvalue weighted by atomic mass is 10.2. The van der Waals surface area contributed by atoms with Gasteiger partial charge in [-0.1, -0.05) is 0 Å². The molecule has 0 radical (unpaired) electrons. The first-order valence-corrected chi connectivity index (χ1v) is 4.35. The van der Waals surface area contributed by atoms with Crippen molar-refractivity contribution in [2.24, 2.45) is 0 Å². The number of carboxylic acids is 1. The molecule has 78 valence electrons. The predicted molar refractivity (Wildman–Crippen MR) is 51.5 cm³/mol. The average molecular weight is 207 g/mol. The molecule has 15 heavy (non-hydrogen) atoms. The molecule has 2 rings (SSSR count). The van der Waals surface area contributed by atoms with Crippen LogP contribution in [0.15, 0.2) is 12.3 Å². The smallest absolute Gasteiger partial charge is 0.338 e. The average Bonchev–Trinajstić information content (AvgIpc) is 2.60. The maximum atomic E-state index is 10.9. The van der Waals surface area contributed by atoms with Crippen LogP contribution in [0.5, 0.6) is 0 Å². The third-order valence-electron chi connectivity index (χ3n) is 2.04. The van der Waals surface area contributed by atoms with Crippen molar-refractivity contribution in [2.75, 3.05) is 0 Å². The predicted octanol–water partition coefficient (Wildman–Crippen LogP) is 0.709. The molecule has 2 aromatic heterocycles. The van der Waals surface area contributed by atoms with Crippen LogP contribution < -0.4 is 0 Å². The third-order valence-corrected chi connectivity index (χ3v) is 2.04.